The lowest BCUT2D eigenvalue weighted by Crippen LogP contribution is -2.42. The molecular formula is C11H23NO3S. The summed E-state index contributed by atoms with van der Waals surface area (Å²) in [6.45, 7) is 5.61. The molecule has 1 fully saturated rings. The molecule has 0 spiro atoms. The average Bonchev–Trinajstić information content (AvgIpc) is 2.40. The minimum Gasteiger partial charge on any atom is -0.381 e. The molecule has 0 saturated carbocycles. The maximum atomic E-state index is 11.3. The molecule has 1 unspecified atom stereocenters. The Balaban J connectivity index is 2.18. The van der Waals surface area contributed by atoms with Gasteiger partial charge in [0.05, 0.1) is 11.5 Å². The summed E-state index contributed by atoms with van der Waals surface area (Å²) in [5.74, 6) is 0.988. The van der Waals surface area contributed by atoms with Crippen LogP contribution in [0, 0.1) is 5.92 Å². The van der Waals surface area contributed by atoms with Crippen molar-refractivity contribution in [1.29, 1.82) is 0 Å². The molecule has 2 N–H and O–H groups in total. The summed E-state index contributed by atoms with van der Waals surface area (Å²) in [7, 11) is -2.89. The lowest BCUT2D eigenvalue weighted by molar-refractivity contribution is 0.108. The van der Waals surface area contributed by atoms with Crippen LogP contribution in [0.2, 0.25) is 0 Å². The van der Waals surface area contributed by atoms with Crippen molar-refractivity contribution in [1.82, 2.24) is 0 Å². The van der Waals surface area contributed by atoms with Gasteiger partial charge in [-0.15, -0.1) is 0 Å². The molecule has 16 heavy (non-hydrogen) atoms. The summed E-state index contributed by atoms with van der Waals surface area (Å²) in [5.41, 5.74) is 5.47. The minimum absolute atomic E-state index is 0.119. The van der Waals surface area contributed by atoms with E-state index in [9.17, 15) is 8.42 Å². The van der Waals surface area contributed by atoms with Gasteiger partial charge in [-0.25, -0.2) is 8.42 Å². The van der Waals surface area contributed by atoms with Crippen LogP contribution < -0.4 is 5.73 Å². The van der Waals surface area contributed by atoms with Crippen molar-refractivity contribution >= 4 is 9.84 Å². The highest BCUT2D eigenvalue weighted by Gasteiger charge is 2.38. The Hall–Kier alpha value is -0.130. The Morgan fingerprint density at radius 1 is 1.38 bits per heavy atom. The Kier molecular flexibility index (Phi) is 4.76. The van der Waals surface area contributed by atoms with Gasteiger partial charge < -0.3 is 10.5 Å². The van der Waals surface area contributed by atoms with Crippen molar-refractivity contribution in [2.75, 3.05) is 24.7 Å². The highest BCUT2D eigenvalue weighted by atomic mass is 32.2. The molecule has 1 aliphatic rings. The average molecular weight is 249 g/mol. The van der Waals surface area contributed by atoms with Gasteiger partial charge in [-0.1, -0.05) is 13.8 Å². The number of sulfone groups is 1. The van der Waals surface area contributed by atoms with Gasteiger partial charge in [0.15, 0.2) is 9.84 Å². The topological polar surface area (TPSA) is 69.4 Å². The second-order valence-corrected chi connectivity index (χ2v) is 7.43. The quantitative estimate of drug-likeness (QED) is 0.712. The predicted octanol–water partition coefficient (Wildman–Crippen LogP) is 0.955. The molecule has 0 aromatic rings. The van der Waals surface area contributed by atoms with Gasteiger partial charge in [0.25, 0.3) is 0 Å². The smallest absolute Gasteiger partial charge is 0.152 e. The lowest BCUT2D eigenvalue weighted by atomic mass is 9.97. The summed E-state index contributed by atoms with van der Waals surface area (Å²) in [5, 5.41) is 0. The molecule has 0 aromatic heterocycles. The fraction of sp³-hybridized carbons (Fsp3) is 1.00. The molecule has 1 saturated heterocycles. The molecule has 1 heterocycles. The summed E-state index contributed by atoms with van der Waals surface area (Å²) < 4.78 is 28.1. The standard InChI is InChI=1S/C11H23NO3S/c1-10(2)3-6-15-7-4-11(12)5-8-16(13,14)9-11/h10H,3-9,12H2,1-2H3. The van der Waals surface area contributed by atoms with E-state index in [4.69, 9.17) is 10.5 Å². The molecule has 0 aromatic carbocycles. The van der Waals surface area contributed by atoms with E-state index in [1.165, 1.54) is 0 Å². The summed E-state index contributed by atoms with van der Waals surface area (Å²) >= 11 is 0. The van der Waals surface area contributed by atoms with Crippen LogP contribution >= 0.6 is 0 Å². The fourth-order valence-corrected chi connectivity index (χ4v) is 3.86. The minimum atomic E-state index is -2.89. The lowest BCUT2D eigenvalue weighted by Gasteiger charge is -2.21. The van der Waals surface area contributed by atoms with Crippen LogP contribution in [0.15, 0.2) is 0 Å². The van der Waals surface area contributed by atoms with Gasteiger partial charge in [0, 0.05) is 18.8 Å². The second kappa shape index (κ2) is 5.47. The fourth-order valence-electron chi connectivity index (χ4n) is 1.83. The van der Waals surface area contributed by atoms with Crippen molar-refractivity contribution in [3.63, 3.8) is 0 Å². The Bertz CT molecular complexity index is 313. The summed E-state index contributed by atoms with van der Waals surface area (Å²) in [6.07, 6.45) is 2.25. The largest absolute Gasteiger partial charge is 0.381 e. The highest BCUT2D eigenvalue weighted by molar-refractivity contribution is 7.91. The Morgan fingerprint density at radius 2 is 2.06 bits per heavy atom. The summed E-state index contributed by atoms with van der Waals surface area (Å²) in [4.78, 5) is 0. The van der Waals surface area contributed by atoms with E-state index >= 15 is 0 Å². The van der Waals surface area contributed by atoms with Crippen molar-refractivity contribution in [3.8, 4) is 0 Å². The van der Waals surface area contributed by atoms with Gasteiger partial charge in [-0.2, -0.15) is 0 Å². The molecule has 1 atom stereocenters. The maximum absolute atomic E-state index is 11.3. The maximum Gasteiger partial charge on any atom is 0.152 e. The molecule has 0 radical (unpaired) electrons. The van der Waals surface area contributed by atoms with Gasteiger partial charge in [0.2, 0.25) is 0 Å². The van der Waals surface area contributed by atoms with E-state index in [1.807, 2.05) is 0 Å². The van der Waals surface area contributed by atoms with E-state index in [0.717, 1.165) is 13.0 Å². The van der Waals surface area contributed by atoms with E-state index in [0.29, 0.717) is 25.4 Å². The normalized spacial score (nSPS) is 28.8. The van der Waals surface area contributed by atoms with Gasteiger partial charge in [-0.3, -0.25) is 0 Å². The van der Waals surface area contributed by atoms with Crippen LogP contribution in [-0.4, -0.2) is 38.7 Å². The zero-order valence-electron chi connectivity index (χ0n) is 10.2. The van der Waals surface area contributed by atoms with E-state index in [-0.39, 0.29) is 11.5 Å². The van der Waals surface area contributed by atoms with E-state index in [1.54, 1.807) is 0 Å². The number of hydrogen-bond donors (Lipinski definition) is 1. The second-order valence-electron chi connectivity index (χ2n) is 5.25. The van der Waals surface area contributed by atoms with Crippen LogP contribution in [-0.2, 0) is 14.6 Å². The first kappa shape index (κ1) is 13.9. The highest BCUT2D eigenvalue weighted by Crippen LogP contribution is 2.24. The van der Waals surface area contributed by atoms with Crippen LogP contribution in [0.5, 0.6) is 0 Å². The third-order valence-electron chi connectivity index (χ3n) is 3.00. The van der Waals surface area contributed by atoms with E-state index < -0.39 is 15.4 Å². The number of rotatable bonds is 6. The van der Waals surface area contributed by atoms with Crippen LogP contribution in [0.25, 0.3) is 0 Å². The van der Waals surface area contributed by atoms with Crippen molar-refractivity contribution in [2.45, 2.75) is 38.6 Å². The number of hydrogen-bond acceptors (Lipinski definition) is 4. The molecule has 1 rings (SSSR count). The number of ether oxygens (including phenoxy) is 1. The molecule has 0 amide bonds. The zero-order chi connectivity index (χ0) is 12.2. The first-order valence-corrected chi connectivity index (χ1v) is 7.72. The first-order chi connectivity index (χ1) is 7.33. The van der Waals surface area contributed by atoms with Crippen molar-refractivity contribution < 1.29 is 13.2 Å². The zero-order valence-corrected chi connectivity index (χ0v) is 11.1. The van der Waals surface area contributed by atoms with Gasteiger partial charge in [-0.05, 0) is 25.2 Å². The Morgan fingerprint density at radius 3 is 2.56 bits per heavy atom. The molecule has 96 valence electrons. The predicted molar refractivity (Wildman–Crippen MR) is 65.1 cm³/mol. The summed E-state index contributed by atoms with van der Waals surface area (Å²) in [6, 6.07) is 0. The van der Waals surface area contributed by atoms with Gasteiger partial charge >= 0.3 is 0 Å². The van der Waals surface area contributed by atoms with E-state index in [2.05, 4.69) is 13.8 Å². The van der Waals surface area contributed by atoms with Crippen molar-refractivity contribution in [3.05, 3.63) is 0 Å². The number of nitrogens with two attached hydrogens (primary N) is 1. The molecule has 1 aliphatic heterocycles. The molecule has 0 bridgehead atoms. The molecule has 0 aliphatic carbocycles. The molecule has 4 nitrogen and oxygen atoms in total. The van der Waals surface area contributed by atoms with Crippen LogP contribution in [0.4, 0.5) is 0 Å². The van der Waals surface area contributed by atoms with Crippen LogP contribution in [0.1, 0.15) is 33.1 Å². The van der Waals surface area contributed by atoms with Gasteiger partial charge in [0.1, 0.15) is 0 Å². The van der Waals surface area contributed by atoms with Crippen LogP contribution in [0.3, 0.4) is 0 Å². The third kappa shape index (κ3) is 4.80. The molecule has 5 heteroatoms. The Labute approximate surface area is 98.5 Å². The SMILES string of the molecule is CC(C)CCOCCC1(N)CCS(=O)(=O)C1. The first-order valence-electron chi connectivity index (χ1n) is 5.90. The molecular weight excluding hydrogens is 226 g/mol. The van der Waals surface area contributed by atoms with Crippen molar-refractivity contribution in [2.24, 2.45) is 11.7 Å². The third-order valence-corrected chi connectivity index (χ3v) is 4.84. The monoisotopic (exact) mass is 249 g/mol.